The molecule has 3 aromatic rings. The molecule has 0 fully saturated rings. The third-order valence-corrected chi connectivity index (χ3v) is 4.30. The molecule has 2 amide bonds. The zero-order valence-corrected chi connectivity index (χ0v) is 16.1. The van der Waals surface area contributed by atoms with E-state index in [9.17, 15) is 9.59 Å². The number of nitrogens with two attached hydrogens (primary N) is 1. The molecule has 1 atom stereocenters. The van der Waals surface area contributed by atoms with Gasteiger partial charge < -0.3 is 15.8 Å². The van der Waals surface area contributed by atoms with E-state index >= 15 is 0 Å². The van der Waals surface area contributed by atoms with Crippen LogP contribution in [-0.2, 0) is 4.79 Å². The third kappa shape index (κ3) is 5.03. The molecule has 0 aromatic heterocycles. The maximum Gasteiger partial charge on any atom is 0.270 e. The van der Waals surface area contributed by atoms with Gasteiger partial charge in [0, 0.05) is 26.9 Å². The van der Waals surface area contributed by atoms with Gasteiger partial charge in [-0.25, -0.2) is 0 Å². The highest BCUT2D eigenvalue weighted by atomic mass is 35.5. The van der Waals surface area contributed by atoms with E-state index in [0.717, 1.165) is 0 Å². The second-order valence-electron chi connectivity index (χ2n) is 5.94. The lowest BCUT2D eigenvalue weighted by Crippen LogP contribution is -2.25. The minimum atomic E-state index is -0.932. The van der Waals surface area contributed by atoms with Gasteiger partial charge in [0.2, 0.25) is 12.0 Å². The van der Waals surface area contributed by atoms with Gasteiger partial charge in [-0.15, -0.1) is 0 Å². The van der Waals surface area contributed by atoms with Crippen molar-refractivity contribution in [1.82, 2.24) is 0 Å². The van der Waals surface area contributed by atoms with Crippen molar-refractivity contribution in [2.45, 2.75) is 6.10 Å². The highest BCUT2D eigenvalue weighted by Gasteiger charge is 2.23. The summed E-state index contributed by atoms with van der Waals surface area (Å²) in [7, 11) is 0. The Morgan fingerprint density at radius 3 is 2.07 bits per heavy atom. The van der Waals surface area contributed by atoms with Gasteiger partial charge in [-0.05, 0) is 42.5 Å². The standard InChI is InChI=1S/C21H16Cl2N2O3/c22-15-10-16(23)12-17(11-15)25-21(27)19(13-4-2-1-3-5-13)28-18-8-6-14(7-9-18)20(24)26/h1-12,19H,(H2,24,26)(H,25,27)/t19-/m1/s1. The lowest BCUT2D eigenvalue weighted by atomic mass is 10.1. The van der Waals surface area contributed by atoms with E-state index in [4.69, 9.17) is 33.7 Å². The molecule has 3 N–H and O–H groups in total. The van der Waals surface area contributed by atoms with Crippen LogP contribution in [0.2, 0.25) is 10.0 Å². The summed E-state index contributed by atoms with van der Waals surface area (Å²) in [4.78, 5) is 24.1. The highest BCUT2D eigenvalue weighted by Crippen LogP contribution is 2.26. The number of carbonyl (C=O) groups excluding carboxylic acids is 2. The molecule has 0 spiro atoms. The average Bonchev–Trinajstić information content (AvgIpc) is 2.66. The van der Waals surface area contributed by atoms with Crippen LogP contribution in [0.3, 0.4) is 0 Å². The van der Waals surface area contributed by atoms with Crippen LogP contribution in [-0.4, -0.2) is 11.8 Å². The van der Waals surface area contributed by atoms with Gasteiger partial charge in [0.25, 0.3) is 5.91 Å². The summed E-state index contributed by atoms with van der Waals surface area (Å²) < 4.78 is 5.90. The Morgan fingerprint density at radius 1 is 0.893 bits per heavy atom. The maximum atomic E-state index is 12.9. The molecule has 142 valence electrons. The van der Waals surface area contributed by atoms with Crippen LogP contribution in [0, 0.1) is 0 Å². The Kier molecular flexibility index (Phi) is 6.19. The SMILES string of the molecule is NC(=O)c1ccc(O[C@@H](C(=O)Nc2cc(Cl)cc(Cl)c2)c2ccccc2)cc1. The van der Waals surface area contributed by atoms with Gasteiger partial charge in [-0.1, -0.05) is 53.5 Å². The molecular formula is C21H16Cl2N2O3. The number of carbonyl (C=O) groups is 2. The van der Waals surface area contributed by atoms with E-state index in [0.29, 0.717) is 32.6 Å². The predicted molar refractivity (Wildman–Crippen MR) is 110 cm³/mol. The first-order valence-electron chi connectivity index (χ1n) is 8.31. The molecule has 0 unspecified atom stereocenters. The number of halogens is 2. The predicted octanol–water partition coefficient (Wildman–Crippen LogP) is 4.85. The number of primary amides is 1. The van der Waals surface area contributed by atoms with Crippen LogP contribution in [0.15, 0.2) is 72.8 Å². The number of hydrogen-bond acceptors (Lipinski definition) is 3. The molecule has 0 aliphatic rings. The minimum absolute atomic E-state index is 0.349. The van der Waals surface area contributed by atoms with Crippen molar-refractivity contribution in [2.24, 2.45) is 5.73 Å². The molecule has 0 saturated heterocycles. The Labute approximate surface area is 172 Å². The fraction of sp³-hybridized carbons (Fsp3) is 0.0476. The lowest BCUT2D eigenvalue weighted by Gasteiger charge is -2.19. The summed E-state index contributed by atoms with van der Waals surface area (Å²) >= 11 is 12.0. The topological polar surface area (TPSA) is 81.4 Å². The van der Waals surface area contributed by atoms with E-state index in [2.05, 4.69) is 5.32 Å². The summed E-state index contributed by atoms with van der Waals surface area (Å²) in [6.45, 7) is 0. The third-order valence-electron chi connectivity index (χ3n) is 3.86. The summed E-state index contributed by atoms with van der Waals surface area (Å²) in [6, 6.07) is 20.0. The summed E-state index contributed by atoms with van der Waals surface area (Å²) in [5, 5.41) is 3.57. The van der Waals surface area contributed by atoms with Gasteiger partial charge in [0.1, 0.15) is 5.75 Å². The number of anilines is 1. The number of ether oxygens (including phenoxy) is 1. The molecule has 0 aliphatic carbocycles. The van der Waals surface area contributed by atoms with Crippen LogP contribution in [0.4, 0.5) is 5.69 Å². The number of benzene rings is 3. The van der Waals surface area contributed by atoms with Crippen molar-refractivity contribution in [1.29, 1.82) is 0 Å². The highest BCUT2D eigenvalue weighted by molar-refractivity contribution is 6.35. The first-order valence-corrected chi connectivity index (χ1v) is 9.06. The number of hydrogen-bond donors (Lipinski definition) is 2. The van der Waals surface area contributed by atoms with E-state index in [1.54, 1.807) is 42.5 Å². The molecule has 28 heavy (non-hydrogen) atoms. The van der Waals surface area contributed by atoms with Crippen LogP contribution in [0.1, 0.15) is 22.0 Å². The zero-order chi connectivity index (χ0) is 20.1. The lowest BCUT2D eigenvalue weighted by molar-refractivity contribution is -0.123. The second kappa shape index (κ2) is 8.78. The van der Waals surface area contributed by atoms with Gasteiger partial charge >= 0.3 is 0 Å². The van der Waals surface area contributed by atoms with Gasteiger partial charge in [0.15, 0.2) is 0 Å². The van der Waals surface area contributed by atoms with Gasteiger partial charge in [0.05, 0.1) is 0 Å². The zero-order valence-electron chi connectivity index (χ0n) is 14.6. The molecular weight excluding hydrogens is 399 g/mol. The fourth-order valence-electron chi connectivity index (χ4n) is 2.57. The summed E-state index contributed by atoms with van der Waals surface area (Å²) in [5.74, 6) is -0.525. The van der Waals surface area contributed by atoms with Gasteiger partial charge in [-0.2, -0.15) is 0 Å². The summed E-state index contributed by atoms with van der Waals surface area (Å²) in [5.41, 5.74) is 6.71. The van der Waals surface area contributed by atoms with Crippen LogP contribution in [0.25, 0.3) is 0 Å². The smallest absolute Gasteiger partial charge is 0.270 e. The Morgan fingerprint density at radius 2 is 1.50 bits per heavy atom. The van der Waals surface area contributed by atoms with Crippen molar-refractivity contribution < 1.29 is 14.3 Å². The fourth-order valence-corrected chi connectivity index (χ4v) is 3.09. The van der Waals surface area contributed by atoms with E-state index in [1.165, 1.54) is 12.1 Å². The molecule has 5 nitrogen and oxygen atoms in total. The Balaban J connectivity index is 1.86. The monoisotopic (exact) mass is 414 g/mol. The molecule has 0 heterocycles. The molecule has 0 aliphatic heterocycles. The molecule has 3 rings (SSSR count). The molecule has 3 aromatic carbocycles. The number of nitrogens with one attached hydrogen (secondary N) is 1. The maximum absolute atomic E-state index is 12.9. The molecule has 0 bridgehead atoms. The van der Waals surface area contributed by atoms with Gasteiger partial charge in [-0.3, -0.25) is 9.59 Å². The first kappa shape index (κ1) is 19.7. The van der Waals surface area contributed by atoms with Crippen LogP contribution >= 0.6 is 23.2 Å². The second-order valence-corrected chi connectivity index (χ2v) is 6.82. The van der Waals surface area contributed by atoms with Crippen molar-refractivity contribution in [3.05, 3.63) is 94.0 Å². The largest absolute Gasteiger partial charge is 0.476 e. The van der Waals surface area contributed by atoms with Crippen molar-refractivity contribution >= 4 is 40.7 Å². The molecule has 0 radical (unpaired) electrons. The minimum Gasteiger partial charge on any atom is -0.476 e. The first-order chi connectivity index (χ1) is 13.4. The van der Waals surface area contributed by atoms with Crippen molar-refractivity contribution in [2.75, 3.05) is 5.32 Å². The van der Waals surface area contributed by atoms with E-state index < -0.39 is 17.9 Å². The van der Waals surface area contributed by atoms with Crippen molar-refractivity contribution in [3.8, 4) is 5.75 Å². The van der Waals surface area contributed by atoms with Crippen molar-refractivity contribution in [3.63, 3.8) is 0 Å². The number of amides is 2. The molecule has 7 heteroatoms. The average molecular weight is 415 g/mol. The van der Waals surface area contributed by atoms with Crippen LogP contribution in [0.5, 0.6) is 5.75 Å². The number of rotatable bonds is 6. The molecule has 0 saturated carbocycles. The normalized spacial score (nSPS) is 11.5. The Hall–Kier alpha value is -3.02. The quantitative estimate of drug-likeness (QED) is 0.604. The van der Waals surface area contributed by atoms with E-state index in [1.807, 2.05) is 18.2 Å². The van der Waals surface area contributed by atoms with E-state index in [-0.39, 0.29) is 0 Å². The summed E-state index contributed by atoms with van der Waals surface area (Å²) in [6.07, 6.45) is -0.932. The van der Waals surface area contributed by atoms with Crippen LogP contribution < -0.4 is 15.8 Å². The Bertz CT molecular complexity index is 972.